The Morgan fingerprint density at radius 1 is 1.35 bits per heavy atom. The number of carboxylic acids is 1. The van der Waals surface area contributed by atoms with Crippen LogP contribution in [0.5, 0.6) is 0 Å². The number of H-pyrrole nitrogens is 1. The lowest BCUT2D eigenvalue weighted by atomic mass is 10.4. The van der Waals surface area contributed by atoms with Crippen molar-refractivity contribution in [3.05, 3.63) is 22.1 Å². The Bertz CT molecular complexity index is 569. The van der Waals surface area contributed by atoms with Crippen molar-refractivity contribution >= 4 is 17.8 Å². The van der Waals surface area contributed by atoms with Crippen LogP contribution in [-0.4, -0.2) is 40.0 Å². The van der Waals surface area contributed by atoms with E-state index in [4.69, 9.17) is 5.11 Å². The second-order valence-electron chi connectivity index (χ2n) is 3.50. The number of carboxylic acid groups (broad SMARTS) is 1. The van der Waals surface area contributed by atoms with E-state index in [1.54, 1.807) is 0 Å². The van der Waals surface area contributed by atoms with Crippen LogP contribution in [-0.2, 0) is 15.8 Å². The van der Waals surface area contributed by atoms with Crippen LogP contribution in [0.2, 0.25) is 0 Å². The minimum absolute atomic E-state index is 0.273. The number of aromatic amines is 1. The van der Waals surface area contributed by atoms with Crippen LogP contribution < -0.4 is 16.2 Å². The minimum atomic E-state index is -4.80. The smallest absolute Gasteiger partial charge is 0.433 e. The number of nitrogens with zero attached hydrogens (tertiary/aromatic N) is 1. The maximum Gasteiger partial charge on any atom is 0.433 e. The number of carbonyl (C=O) groups excluding carboxylic acids is 1. The fourth-order valence-electron chi connectivity index (χ4n) is 1.09. The van der Waals surface area contributed by atoms with Crippen LogP contribution in [0.1, 0.15) is 5.69 Å². The zero-order valence-corrected chi connectivity index (χ0v) is 9.74. The van der Waals surface area contributed by atoms with Gasteiger partial charge in [-0.25, -0.2) is 4.98 Å². The third-order valence-electron chi connectivity index (χ3n) is 1.89. The summed E-state index contributed by atoms with van der Waals surface area (Å²) in [6, 6.07) is 0.273. The summed E-state index contributed by atoms with van der Waals surface area (Å²) in [4.78, 5) is 37.3. The number of hydrogen-bond acceptors (Lipinski definition) is 5. The molecule has 0 aliphatic heterocycles. The Balaban J connectivity index is 2.69. The third kappa shape index (κ3) is 4.96. The molecule has 4 N–H and O–H groups in total. The molecule has 0 saturated heterocycles. The Morgan fingerprint density at radius 3 is 2.55 bits per heavy atom. The second kappa shape index (κ2) is 6.04. The lowest BCUT2D eigenvalue weighted by Crippen LogP contribution is -2.34. The average Bonchev–Trinajstić information content (AvgIpc) is 2.32. The zero-order valence-electron chi connectivity index (χ0n) is 9.74. The van der Waals surface area contributed by atoms with Crippen LogP contribution >= 0.6 is 0 Å². The molecular formula is C9H9F3N4O4. The predicted molar refractivity (Wildman–Crippen MR) is 59.0 cm³/mol. The molecule has 1 aromatic heterocycles. The van der Waals surface area contributed by atoms with Crippen LogP contribution in [0.4, 0.5) is 19.1 Å². The maximum absolute atomic E-state index is 12.4. The monoisotopic (exact) mass is 294 g/mol. The molecule has 0 aliphatic carbocycles. The van der Waals surface area contributed by atoms with E-state index in [1.165, 1.54) is 0 Å². The first-order valence-corrected chi connectivity index (χ1v) is 5.09. The van der Waals surface area contributed by atoms with Crippen molar-refractivity contribution in [3.8, 4) is 0 Å². The molecule has 0 aliphatic rings. The molecule has 20 heavy (non-hydrogen) atoms. The standard InChI is InChI=1S/C9H9F3N4O4/c10-9(11,12)4-1-5(17)16-8(15-4)14-2-6(18)13-3-7(19)20/h1H,2-3H2,(H,13,18)(H,19,20)(H2,14,15,16,17). The number of anilines is 1. The molecule has 0 unspecified atom stereocenters. The molecule has 110 valence electrons. The summed E-state index contributed by atoms with van der Waals surface area (Å²) in [6.07, 6.45) is -4.80. The van der Waals surface area contributed by atoms with Gasteiger partial charge in [0.05, 0.1) is 6.54 Å². The van der Waals surface area contributed by atoms with Crippen LogP contribution in [0.15, 0.2) is 10.9 Å². The lowest BCUT2D eigenvalue weighted by molar-refractivity contribution is -0.141. The predicted octanol–water partition coefficient (Wildman–Crippen LogP) is -0.599. The number of rotatable bonds is 5. The molecule has 0 fully saturated rings. The Hall–Kier alpha value is -2.59. The highest BCUT2D eigenvalue weighted by Gasteiger charge is 2.33. The highest BCUT2D eigenvalue weighted by molar-refractivity contribution is 5.83. The van der Waals surface area contributed by atoms with Crippen LogP contribution in [0.25, 0.3) is 0 Å². The molecule has 0 atom stereocenters. The number of aliphatic carboxylic acids is 1. The third-order valence-corrected chi connectivity index (χ3v) is 1.89. The molecule has 8 nitrogen and oxygen atoms in total. The van der Waals surface area contributed by atoms with E-state index in [1.807, 2.05) is 10.3 Å². The highest BCUT2D eigenvalue weighted by atomic mass is 19.4. The molecule has 1 heterocycles. The van der Waals surface area contributed by atoms with Crippen molar-refractivity contribution < 1.29 is 27.9 Å². The van der Waals surface area contributed by atoms with Crippen molar-refractivity contribution in [2.75, 3.05) is 18.4 Å². The molecule has 0 saturated carbocycles. The quantitative estimate of drug-likeness (QED) is 0.575. The van der Waals surface area contributed by atoms with E-state index in [-0.39, 0.29) is 6.07 Å². The minimum Gasteiger partial charge on any atom is -0.480 e. The van der Waals surface area contributed by atoms with Gasteiger partial charge in [-0.2, -0.15) is 13.2 Å². The molecule has 0 aromatic carbocycles. The number of aromatic nitrogens is 2. The number of alkyl halides is 3. The summed E-state index contributed by atoms with van der Waals surface area (Å²) in [5.74, 6) is -2.60. The van der Waals surface area contributed by atoms with E-state index < -0.39 is 48.3 Å². The maximum atomic E-state index is 12.4. The highest BCUT2D eigenvalue weighted by Crippen LogP contribution is 2.26. The van der Waals surface area contributed by atoms with E-state index in [0.29, 0.717) is 0 Å². The topological polar surface area (TPSA) is 124 Å². The molecule has 11 heteroatoms. The van der Waals surface area contributed by atoms with Gasteiger partial charge in [0.15, 0.2) is 5.69 Å². The van der Waals surface area contributed by atoms with Gasteiger partial charge in [0.2, 0.25) is 11.9 Å². The second-order valence-corrected chi connectivity index (χ2v) is 3.50. The van der Waals surface area contributed by atoms with Gasteiger partial charge >= 0.3 is 12.1 Å². The molecule has 0 spiro atoms. The number of nitrogens with one attached hydrogen (secondary N) is 3. The number of carbonyl (C=O) groups is 2. The normalized spacial score (nSPS) is 10.9. The molecule has 0 radical (unpaired) electrons. The summed E-state index contributed by atoms with van der Waals surface area (Å²) in [6.45, 7) is -1.18. The van der Waals surface area contributed by atoms with Gasteiger partial charge in [-0.05, 0) is 0 Å². The molecule has 1 amide bonds. The Morgan fingerprint density at radius 2 is 2.00 bits per heavy atom. The molecule has 0 bridgehead atoms. The van der Waals surface area contributed by atoms with E-state index in [0.717, 1.165) is 0 Å². The Labute approximate surface area is 109 Å². The fourth-order valence-corrected chi connectivity index (χ4v) is 1.09. The fraction of sp³-hybridized carbons (Fsp3) is 0.333. The summed E-state index contributed by atoms with van der Waals surface area (Å²) in [5.41, 5.74) is -2.45. The van der Waals surface area contributed by atoms with Crippen LogP contribution in [0, 0.1) is 0 Å². The number of amides is 1. The lowest BCUT2D eigenvalue weighted by Gasteiger charge is -2.08. The summed E-state index contributed by atoms with van der Waals surface area (Å²) < 4.78 is 37.1. The van der Waals surface area contributed by atoms with Gasteiger partial charge < -0.3 is 15.7 Å². The van der Waals surface area contributed by atoms with Gasteiger partial charge in [-0.3, -0.25) is 19.4 Å². The van der Waals surface area contributed by atoms with Crippen LogP contribution in [0.3, 0.4) is 0 Å². The van der Waals surface area contributed by atoms with Crippen molar-refractivity contribution in [1.82, 2.24) is 15.3 Å². The molecule has 1 aromatic rings. The van der Waals surface area contributed by atoms with Gasteiger partial charge in [-0.1, -0.05) is 0 Å². The molecule has 1 rings (SSSR count). The van der Waals surface area contributed by atoms with Gasteiger partial charge in [0.25, 0.3) is 5.56 Å². The summed E-state index contributed by atoms with van der Waals surface area (Å²) in [7, 11) is 0. The first-order valence-electron chi connectivity index (χ1n) is 5.09. The SMILES string of the molecule is O=C(O)CNC(=O)CNc1nc(C(F)(F)F)cc(=O)[nH]1. The van der Waals surface area contributed by atoms with Crippen molar-refractivity contribution in [2.24, 2.45) is 0 Å². The molecular weight excluding hydrogens is 285 g/mol. The van der Waals surface area contributed by atoms with Crippen molar-refractivity contribution in [1.29, 1.82) is 0 Å². The number of halogens is 3. The van der Waals surface area contributed by atoms with E-state index in [2.05, 4.69) is 10.3 Å². The Kier molecular flexibility index (Phi) is 4.67. The summed E-state index contributed by atoms with van der Waals surface area (Å²) >= 11 is 0. The van der Waals surface area contributed by atoms with Gasteiger partial charge in [-0.15, -0.1) is 0 Å². The average molecular weight is 294 g/mol. The van der Waals surface area contributed by atoms with Gasteiger partial charge in [0.1, 0.15) is 6.54 Å². The largest absolute Gasteiger partial charge is 0.480 e. The van der Waals surface area contributed by atoms with Gasteiger partial charge in [0, 0.05) is 6.07 Å². The van der Waals surface area contributed by atoms with E-state index in [9.17, 15) is 27.6 Å². The van der Waals surface area contributed by atoms with E-state index >= 15 is 0 Å². The first kappa shape index (κ1) is 15.5. The number of hydrogen-bond donors (Lipinski definition) is 4. The first-order chi connectivity index (χ1) is 9.18. The van der Waals surface area contributed by atoms with Crippen molar-refractivity contribution in [3.63, 3.8) is 0 Å². The summed E-state index contributed by atoms with van der Waals surface area (Å²) in [5, 5.41) is 12.4. The van der Waals surface area contributed by atoms with Crippen molar-refractivity contribution in [2.45, 2.75) is 6.18 Å². The zero-order chi connectivity index (χ0) is 15.3.